The lowest BCUT2D eigenvalue weighted by molar-refractivity contribution is 0.0591. The van der Waals surface area contributed by atoms with Crippen molar-refractivity contribution in [3.05, 3.63) is 36.3 Å². The van der Waals surface area contributed by atoms with Crippen molar-refractivity contribution in [2.24, 2.45) is 0 Å². The van der Waals surface area contributed by atoms with E-state index in [2.05, 4.69) is 13.5 Å². The monoisotopic (exact) mass is 196 g/mol. The third-order valence-corrected chi connectivity index (χ3v) is 1.50. The first-order valence-corrected chi connectivity index (χ1v) is 5.17. The standard InChI is InChI=1S/C10H14O2.C2H6/c1-3-5-9-10(6-4-2)12-8-7-11-9;1-2/h3,5-6H,1,4,7-8H2,2H3;1-2H3/b9-5+,10-6+;. The quantitative estimate of drug-likeness (QED) is 0.673. The predicted octanol–water partition coefficient (Wildman–Crippen LogP) is 3.42. The molecule has 1 saturated heterocycles. The molecule has 0 spiro atoms. The molecule has 0 aliphatic carbocycles. The molecule has 0 bridgehead atoms. The summed E-state index contributed by atoms with van der Waals surface area (Å²) in [6, 6.07) is 0. The third-order valence-electron chi connectivity index (χ3n) is 1.50. The smallest absolute Gasteiger partial charge is 0.160 e. The molecular formula is C12H20O2. The van der Waals surface area contributed by atoms with E-state index in [0.29, 0.717) is 13.2 Å². The van der Waals surface area contributed by atoms with Crippen LogP contribution in [0, 0.1) is 0 Å². The molecule has 0 aromatic rings. The number of ether oxygens (including phenoxy) is 2. The van der Waals surface area contributed by atoms with E-state index in [1.807, 2.05) is 26.0 Å². The maximum Gasteiger partial charge on any atom is 0.160 e. The number of rotatable bonds is 2. The van der Waals surface area contributed by atoms with E-state index in [0.717, 1.165) is 17.9 Å². The molecule has 0 unspecified atom stereocenters. The van der Waals surface area contributed by atoms with E-state index in [4.69, 9.17) is 9.47 Å². The molecule has 1 aliphatic rings. The van der Waals surface area contributed by atoms with Crippen molar-refractivity contribution in [3.8, 4) is 0 Å². The minimum atomic E-state index is 0.626. The summed E-state index contributed by atoms with van der Waals surface area (Å²) in [6.45, 7) is 10.9. The van der Waals surface area contributed by atoms with Crippen LogP contribution in [0.4, 0.5) is 0 Å². The molecule has 0 aromatic carbocycles. The van der Waals surface area contributed by atoms with Gasteiger partial charge in [-0.15, -0.1) is 0 Å². The van der Waals surface area contributed by atoms with Crippen molar-refractivity contribution >= 4 is 0 Å². The number of allylic oxidation sites excluding steroid dienone is 3. The lowest BCUT2D eigenvalue weighted by atomic mass is 10.3. The maximum atomic E-state index is 5.40. The largest absolute Gasteiger partial charge is 0.486 e. The highest BCUT2D eigenvalue weighted by atomic mass is 16.6. The first-order valence-electron chi connectivity index (χ1n) is 5.17. The van der Waals surface area contributed by atoms with Gasteiger partial charge in [-0.05, 0) is 18.6 Å². The molecule has 1 fully saturated rings. The molecule has 14 heavy (non-hydrogen) atoms. The zero-order valence-corrected chi connectivity index (χ0v) is 9.38. The van der Waals surface area contributed by atoms with Gasteiger partial charge in [-0.1, -0.05) is 33.4 Å². The molecule has 0 atom stereocenters. The van der Waals surface area contributed by atoms with Crippen LogP contribution in [0.5, 0.6) is 0 Å². The molecule has 1 aliphatic heterocycles. The van der Waals surface area contributed by atoms with Gasteiger partial charge in [0, 0.05) is 0 Å². The van der Waals surface area contributed by atoms with E-state index in [1.54, 1.807) is 6.08 Å². The van der Waals surface area contributed by atoms with E-state index < -0.39 is 0 Å². The van der Waals surface area contributed by atoms with Gasteiger partial charge in [-0.2, -0.15) is 0 Å². The van der Waals surface area contributed by atoms with Gasteiger partial charge in [0.25, 0.3) is 0 Å². The molecular weight excluding hydrogens is 176 g/mol. The van der Waals surface area contributed by atoms with E-state index in [1.165, 1.54) is 0 Å². The van der Waals surface area contributed by atoms with Crippen LogP contribution in [0.3, 0.4) is 0 Å². The van der Waals surface area contributed by atoms with Crippen LogP contribution in [-0.2, 0) is 9.47 Å². The predicted molar refractivity (Wildman–Crippen MR) is 59.9 cm³/mol. The maximum absolute atomic E-state index is 5.40. The Balaban J connectivity index is 0.000000791. The molecule has 1 heterocycles. The van der Waals surface area contributed by atoms with Crippen LogP contribution < -0.4 is 0 Å². The zero-order valence-electron chi connectivity index (χ0n) is 9.38. The second-order valence-corrected chi connectivity index (χ2v) is 2.44. The van der Waals surface area contributed by atoms with E-state index in [-0.39, 0.29) is 0 Å². The molecule has 0 aromatic heterocycles. The van der Waals surface area contributed by atoms with Crippen LogP contribution in [-0.4, -0.2) is 13.2 Å². The van der Waals surface area contributed by atoms with Crippen molar-refractivity contribution in [3.63, 3.8) is 0 Å². The van der Waals surface area contributed by atoms with Crippen molar-refractivity contribution in [2.75, 3.05) is 13.2 Å². The van der Waals surface area contributed by atoms with Gasteiger partial charge in [-0.3, -0.25) is 0 Å². The van der Waals surface area contributed by atoms with Gasteiger partial charge in [0.05, 0.1) is 0 Å². The minimum absolute atomic E-state index is 0.626. The first kappa shape index (κ1) is 12.8. The lowest BCUT2D eigenvalue weighted by Crippen LogP contribution is -2.13. The van der Waals surface area contributed by atoms with Crippen molar-refractivity contribution in [2.45, 2.75) is 27.2 Å². The summed E-state index contributed by atoms with van der Waals surface area (Å²) in [7, 11) is 0. The normalized spacial score (nSPS) is 20.5. The fraction of sp³-hybridized carbons (Fsp3) is 0.500. The Labute approximate surface area is 86.9 Å². The second-order valence-electron chi connectivity index (χ2n) is 2.44. The summed E-state index contributed by atoms with van der Waals surface area (Å²) in [4.78, 5) is 0. The second kappa shape index (κ2) is 8.42. The van der Waals surface area contributed by atoms with Gasteiger partial charge in [0.1, 0.15) is 13.2 Å². The van der Waals surface area contributed by atoms with Crippen molar-refractivity contribution in [1.82, 2.24) is 0 Å². The highest BCUT2D eigenvalue weighted by Crippen LogP contribution is 2.18. The molecule has 1 rings (SSSR count). The topological polar surface area (TPSA) is 18.5 Å². The minimum Gasteiger partial charge on any atom is -0.486 e. The van der Waals surface area contributed by atoms with Gasteiger partial charge >= 0.3 is 0 Å². The lowest BCUT2D eigenvalue weighted by Gasteiger charge is -2.20. The summed E-state index contributed by atoms with van der Waals surface area (Å²) in [5, 5.41) is 0. The average molecular weight is 196 g/mol. The van der Waals surface area contributed by atoms with E-state index >= 15 is 0 Å². The zero-order chi connectivity index (χ0) is 10.8. The van der Waals surface area contributed by atoms with Crippen LogP contribution in [0.2, 0.25) is 0 Å². The summed E-state index contributed by atoms with van der Waals surface area (Å²) < 4.78 is 10.8. The average Bonchev–Trinajstić information content (AvgIpc) is 2.25. The Morgan fingerprint density at radius 2 is 1.79 bits per heavy atom. The van der Waals surface area contributed by atoms with Crippen LogP contribution in [0.1, 0.15) is 27.2 Å². The SMILES string of the molecule is C=C/C=C1/OCCO/C1=C/CC.CC. The Kier molecular flexibility index (Phi) is 7.71. The summed E-state index contributed by atoms with van der Waals surface area (Å²) in [5.74, 6) is 1.63. The highest BCUT2D eigenvalue weighted by molar-refractivity contribution is 5.24. The molecule has 0 radical (unpaired) electrons. The Morgan fingerprint density at radius 3 is 2.29 bits per heavy atom. The van der Waals surface area contributed by atoms with Crippen molar-refractivity contribution in [1.29, 1.82) is 0 Å². The third kappa shape index (κ3) is 4.17. The van der Waals surface area contributed by atoms with E-state index in [9.17, 15) is 0 Å². The summed E-state index contributed by atoms with van der Waals surface area (Å²) >= 11 is 0. The van der Waals surface area contributed by atoms with Crippen LogP contribution >= 0.6 is 0 Å². The van der Waals surface area contributed by atoms with Crippen LogP contribution in [0.15, 0.2) is 36.3 Å². The summed E-state index contributed by atoms with van der Waals surface area (Å²) in [6.07, 6.45) is 6.48. The molecule has 0 amide bonds. The fourth-order valence-electron chi connectivity index (χ4n) is 1.03. The summed E-state index contributed by atoms with van der Waals surface area (Å²) in [5.41, 5.74) is 0. The molecule has 80 valence electrons. The van der Waals surface area contributed by atoms with Gasteiger partial charge in [-0.25, -0.2) is 0 Å². The molecule has 0 saturated carbocycles. The van der Waals surface area contributed by atoms with Gasteiger partial charge in [0.2, 0.25) is 0 Å². The van der Waals surface area contributed by atoms with Gasteiger partial charge < -0.3 is 9.47 Å². The Bertz CT molecular complexity index is 214. The Morgan fingerprint density at radius 1 is 1.21 bits per heavy atom. The molecule has 2 nitrogen and oxygen atoms in total. The van der Waals surface area contributed by atoms with Gasteiger partial charge in [0.15, 0.2) is 11.5 Å². The first-order chi connectivity index (χ1) is 6.88. The van der Waals surface area contributed by atoms with Crippen LogP contribution in [0.25, 0.3) is 0 Å². The molecule has 2 heteroatoms. The van der Waals surface area contributed by atoms with Crippen molar-refractivity contribution < 1.29 is 9.47 Å². The molecule has 0 N–H and O–H groups in total. The number of hydrogen-bond acceptors (Lipinski definition) is 2. The fourth-order valence-corrected chi connectivity index (χ4v) is 1.03. The highest BCUT2D eigenvalue weighted by Gasteiger charge is 2.11. The number of hydrogen-bond donors (Lipinski definition) is 0. The Hall–Kier alpha value is -1.18.